The number of carbonyl (C=O) groups excluding carboxylic acids is 1. The molecular formula is C21H24N2O2. The van der Waals surface area contributed by atoms with Gasteiger partial charge in [-0.15, -0.1) is 0 Å². The minimum Gasteiger partial charge on any atom is -0.389 e. The molecule has 4 nitrogen and oxygen atoms in total. The molecule has 0 spiro atoms. The van der Waals surface area contributed by atoms with Crippen LogP contribution in [0.2, 0.25) is 0 Å². The number of pyridine rings is 2. The number of aromatic nitrogens is 2. The fourth-order valence-electron chi connectivity index (χ4n) is 2.84. The fraction of sp³-hybridized carbons (Fsp3) is 0.286. The van der Waals surface area contributed by atoms with Crippen molar-refractivity contribution in [1.29, 1.82) is 0 Å². The summed E-state index contributed by atoms with van der Waals surface area (Å²) < 4.78 is 0. The molecule has 1 atom stereocenters. The Morgan fingerprint density at radius 3 is 2.52 bits per heavy atom. The summed E-state index contributed by atoms with van der Waals surface area (Å²) in [4.78, 5) is 20.8. The molecule has 4 heteroatoms. The Hall–Kier alpha value is -2.59. The number of ketones is 1. The summed E-state index contributed by atoms with van der Waals surface area (Å²) in [7, 11) is 0. The average Bonchev–Trinajstić information content (AvgIpc) is 2.63. The third kappa shape index (κ3) is 4.70. The number of hydrogen-bond donors (Lipinski definition) is 1. The predicted octanol–water partition coefficient (Wildman–Crippen LogP) is 4.06. The number of hydrogen-bond acceptors (Lipinski definition) is 4. The van der Waals surface area contributed by atoms with Gasteiger partial charge in [-0.3, -0.25) is 14.8 Å². The first-order valence-corrected chi connectivity index (χ1v) is 8.60. The van der Waals surface area contributed by atoms with Gasteiger partial charge in [-0.25, -0.2) is 0 Å². The highest BCUT2D eigenvalue weighted by Crippen LogP contribution is 2.27. The summed E-state index contributed by atoms with van der Waals surface area (Å²) in [6, 6.07) is 11.4. The third-order valence-electron chi connectivity index (χ3n) is 3.83. The number of aliphatic hydroxyl groups is 1. The van der Waals surface area contributed by atoms with Crippen molar-refractivity contribution in [3.05, 3.63) is 71.7 Å². The van der Waals surface area contributed by atoms with Crippen LogP contribution in [-0.2, 0) is 17.6 Å². The summed E-state index contributed by atoms with van der Waals surface area (Å²) in [6.45, 7) is 5.72. The summed E-state index contributed by atoms with van der Waals surface area (Å²) in [6.07, 6.45) is 5.03. The summed E-state index contributed by atoms with van der Waals surface area (Å²) in [5.41, 5.74) is 3.29. The Morgan fingerprint density at radius 1 is 1.08 bits per heavy atom. The highest BCUT2D eigenvalue weighted by molar-refractivity contribution is 5.87. The van der Waals surface area contributed by atoms with Crippen LogP contribution in [-0.4, -0.2) is 20.9 Å². The summed E-state index contributed by atoms with van der Waals surface area (Å²) in [5.74, 6) is 0.0805. The zero-order chi connectivity index (χ0) is 18.2. The lowest BCUT2D eigenvalue weighted by Gasteiger charge is -2.14. The summed E-state index contributed by atoms with van der Waals surface area (Å²) >= 11 is 0. The number of rotatable bonds is 5. The maximum absolute atomic E-state index is 12.4. The molecule has 0 saturated carbocycles. The van der Waals surface area contributed by atoms with Crippen molar-refractivity contribution in [2.45, 2.75) is 39.7 Å². The maximum Gasteiger partial charge on any atom is 0.141 e. The minimum absolute atomic E-state index is 0.0805. The van der Waals surface area contributed by atoms with Gasteiger partial charge in [0, 0.05) is 36.8 Å². The molecule has 0 fully saturated rings. The molecule has 0 radical (unpaired) electrons. The Kier molecular flexibility index (Phi) is 6.78. The van der Waals surface area contributed by atoms with Crippen LogP contribution in [0.1, 0.15) is 43.6 Å². The van der Waals surface area contributed by atoms with Gasteiger partial charge in [0.1, 0.15) is 5.78 Å². The number of Topliss-reactive ketones (excluding diaryl/α,β-unsaturated/α-hetero) is 1. The first kappa shape index (κ1) is 18.7. The Morgan fingerprint density at radius 2 is 1.84 bits per heavy atom. The van der Waals surface area contributed by atoms with Gasteiger partial charge in [-0.05, 0) is 35.7 Å². The smallest absolute Gasteiger partial charge is 0.141 e. The number of aliphatic hydroxyl groups excluding tert-OH is 1. The van der Waals surface area contributed by atoms with Crippen LogP contribution < -0.4 is 0 Å². The van der Waals surface area contributed by atoms with Gasteiger partial charge >= 0.3 is 0 Å². The lowest BCUT2D eigenvalue weighted by atomic mass is 9.95. The van der Waals surface area contributed by atoms with E-state index >= 15 is 0 Å². The maximum atomic E-state index is 12.4. The van der Waals surface area contributed by atoms with Crippen LogP contribution in [0.15, 0.2) is 55.0 Å². The van der Waals surface area contributed by atoms with E-state index in [9.17, 15) is 9.90 Å². The van der Waals surface area contributed by atoms with Crippen LogP contribution in [0.3, 0.4) is 0 Å². The van der Waals surface area contributed by atoms with E-state index in [1.807, 2.05) is 50.2 Å². The van der Waals surface area contributed by atoms with Crippen molar-refractivity contribution in [2.75, 3.05) is 0 Å². The van der Waals surface area contributed by atoms with E-state index in [4.69, 9.17) is 0 Å². The molecule has 3 rings (SSSR count). The first-order chi connectivity index (χ1) is 12.1. The second kappa shape index (κ2) is 9.04. The van der Waals surface area contributed by atoms with E-state index in [1.54, 1.807) is 25.5 Å². The number of benzene rings is 1. The molecule has 1 unspecified atom stereocenters. The SMILES string of the molecule is CC.CC(O)c1c(CC(=O)Cc2cccnc2)cnc2ccccc12. The highest BCUT2D eigenvalue weighted by atomic mass is 16.3. The first-order valence-electron chi connectivity index (χ1n) is 8.60. The molecule has 1 N–H and O–H groups in total. The molecular weight excluding hydrogens is 312 g/mol. The Bertz CT molecular complexity index is 830. The normalized spacial score (nSPS) is 11.5. The molecule has 130 valence electrons. The van der Waals surface area contributed by atoms with Crippen molar-refractivity contribution >= 4 is 16.7 Å². The number of fused-ring (bicyclic) bond motifs is 1. The van der Waals surface area contributed by atoms with Crippen molar-refractivity contribution in [3.63, 3.8) is 0 Å². The van der Waals surface area contributed by atoms with Gasteiger partial charge in [0.2, 0.25) is 0 Å². The van der Waals surface area contributed by atoms with Crippen LogP contribution in [0.4, 0.5) is 0 Å². The molecule has 0 saturated heterocycles. The molecule has 0 aliphatic rings. The van der Waals surface area contributed by atoms with Crippen molar-refractivity contribution in [2.24, 2.45) is 0 Å². The number of carbonyl (C=O) groups is 1. The van der Waals surface area contributed by atoms with Gasteiger partial charge in [0.05, 0.1) is 11.6 Å². The summed E-state index contributed by atoms with van der Waals surface area (Å²) in [5, 5.41) is 11.1. The van der Waals surface area contributed by atoms with Crippen LogP contribution in [0.5, 0.6) is 0 Å². The Labute approximate surface area is 148 Å². The predicted molar refractivity (Wildman–Crippen MR) is 100 cm³/mol. The quantitative estimate of drug-likeness (QED) is 0.763. The lowest BCUT2D eigenvalue weighted by Crippen LogP contribution is -2.10. The fourth-order valence-corrected chi connectivity index (χ4v) is 2.84. The topological polar surface area (TPSA) is 63.1 Å². The van der Waals surface area contributed by atoms with Gasteiger partial charge in [-0.2, -0.15) is 0 Å². The molecule has 2 heterocycles. The van der Waals surface area contributed by atoms with Crippen molar-refractivity contribution in [3.8, 4) is 0 Å². The Balaban J connectivity index is 0.00000109. The number of nitrogens with zero attached hydrogens (tertiary/aromatic N) is 2. The molecule has 25 heavy (non-hydrogen) atoms. The van der Waals surface area contributed by atoms with E-state index in [2.05, 4.69) is 9.97 Å². The monoisotopic (exact) mass is 336 g/mol. The van der Waals surface area contributed by atoms with E-state index in [-0.39, 0.29) is 12.2 Å². The van der Waals surface area contributed by atoms with Crippen molar-refractivity contribution in [1.82, 2.24) is 9.97 Å². The van der Waals surface area contributed by atoms with Crippen LogP contribution in [0, 0.1) is 0 Å². The van der Waals surface area contributed by atoms with E-state index < -0.39 is 6.10 Å². The molecule has 0 amide bonds. The van der Waals surface area contributed by atoms with Gasteiger partial charge in [-0.1, -0.05) is 38.1 Å². The van der Waals surface area contributed by atoms with Crippen LogP contribution in [0.25, 0.3) is 10.9 Å². The van der Waals surface area contributed by atoms with Crippen molar-refractivity contribution < 1.29 is 9.90 Å². The van der Waals surface area contributed by atoms with E-state index in [0.29, 0.717) is 6.42 Å². The molecule has 0 aliphatic carbocycles. The second-order valence-electron chi connectivity index (χ2n) is 5.64. The second-order valence-corrected chi connectivity index (χ2v) is 5.64. The molecule has 0 aliphatic heterocycles. The van der Waals surface area contributed by atoms with E-state index in [1.165, 1.54) is 0 Å². The molecule has 1 aromatic carbocycles. The zero-order valence-corrected chi connectivity index (χ0v) is 14.9. The molecule has 0 bridgehead atoms. The molecule has 3 aromatic rings. The highest BCUT2D eigenvalue weighted by Gasteiger charge is 2.16. The average molecular weight is 336 g/mol. The van der Waals surface area contributed by atoms with E-state index in [0.717, 1.165) is 27.6 Å². The minimum atomic E-state index is -0.649. The number of para-hydroxylation sites is 1. The third-order valence-corrected chi connectivity index (χ3v) is 3.83. The van der Waals surface area contributed by atoms with Gasteiger partial charge in [0.25, 0.3) is 0 Å². The lowest BCUT2D eigenvalue weighted by molar-refractivity contribution is -0.117. The van der Waals surface area contributed by atoms with Crippen LogP contribution >= 0.6 is 0 Å². The largest absolute Gasteiger partial charge is 0.389 e. The zero-order valence-electron chi connectivity index (χ0n) is 14.9. The molecule has 2 aromatic heterocycles. The van der Waals surface area contributed by atoms with Gasteiger partial charge in [0.15, 0.2) is 0 Å². The van der Waals surface area contributed by atoms with Gasteiger partial charge < -0.3 is 5.11 Å². The standard InChI is InChI=1S/C19H18N2O2.C2H6/c1-13(22)19-15(12-21-18-7-3-2-6-17(18)19)10-16(23)9-14-5-4-8-20-11-14;1-2/h2-8,11-13,22H,9-10H2,1H3;1-2H3.